The molecule has 2 aromatic carbocycles. The maximum absolute atomic E-state index is 12.7. The van der Waals surface area contributed by atoms with Crippen molar-refractivity contribution < 1.29 is 18.1 Å². The van der Waals surface area contributed by atoms with E-state index in [0.29, 0.717) is 5.69 Å². The summed E-state index contributed by atoms with van der Waals surface area (Å²) in [6.45, 7) is 0. The Hall–Kier alpha value is -3.05. The second-order valence-electron chi connectivity index (χ2n) is 5.64. The SMILES string of the molecule is COc1ccc([N+](=O)[O-])cc1S(=O)(=O)Nc1ccc(Sc2nccn2C)cc1. The van der Waals surface area contributed by atoms with Gasteiger partial charge in [0.2, 0.25) is 0 Å². The Bertz CT molecular complexity index is 1110. The van der Waals surface area contributed by atoms with Crippen molar-refractivity contribution in [3.8, 4) is 5.75 Å². The molecule has 0 atom stereocenters. The van der Waals surface area contributed by atoms with Crippen molar-refractivity contribution in [3.05, 3.63) is 65.0 Å². The molecular weight excluding hydrogens is 404 g/mol. The van der Waals surface area contributed by atoms with E-state index in [2.05, 4.69) is 9.71 Å². The molecule has 0 aliphatic rings. The fourth-order valence-electron chi connectivity index (χ4n) is 2.35. The van der Waals surface area contributed by atoms with Crippen LogP contribution in [-0.4, -0.2) is 30.0 Å². The predicted molar refractivity (Wildman–Crippen MR) is 104 cm³/mol. The zero-order valence-corrected chi connectivity index (χ0v) is 16.5. The topological polar surface area (TPSA) is 116 Å². The first-order valence-corrected chi connectivity index (χ1v) is 10.2. The first-order chi connectivity index (χ1) is 13.3. The lowest BCUT2D eigenvalue weighted by Crippen LogP contribution is -2.14. The van der Waals surface area contributed by atoms with E-state index in [4.69, 9.17) is 4.74 Å². The molecule has 9 nitrogen and oxygen atoms in total. The normalized spacial score (nSPS) is 11.2. The summed E-state index contributed by atoms with van der Waals surface area (Å²) in [4.78, 5) is 15.1. The Kier molecular flexibility index (Phi) is 5.56. The number of hydrogen-bond donors (Lipinski definition) is 1. The van der Waals surface area contributed by atoms with Gasteiger partial charge in [0.05, 0.1) is 12.0 Å². The minimum absolute atomic E-state index is 0.0139. The van der Waals surface area contributed by atoms with Gasteiger partial charge in [0.25, 0.3) is 15.7 Å². The zero-order chi connectivity index (χ0) is 20.3. The lowest BCUT2D eigenvalue weighted by atomic mass is 10.3. The maximum Gasteiger partial charge on any atom is 0.271 e. The summed E-state index contributed by atoms with van der Waals surface area (Å²) in [5.74, 6) is 0.0139. The minimum atomic E-state index is -4.08. The molecule has 0 aliphatic carbocycles. The van der Waals surface area contributed by atoms with Crippen molar-refractivity contribution in [1.29, 1.82) is 0 Å². The Balaban J connectivity index is 1.83. The van der Waals surface area contributed by atoms with Gasteiger partial charge < -0.3 is 9.30 Å². The molecule has 146 valence electrons. The molecule has 0 spiro atoms. The summed E-state index contributed by atoms with van der Waals surface area (Å²) >= 11 is 1.43. The van der Waals surface area contributed by atoms with Crippen LogP contribution < -0.4 is 9.46 Å². The molecule has 0 radical (unpaired) electrons. The molecule has 3 rings (SSSR count). The van der Waals surface area contributed by atoms with Crippen molar-refractivity contribution in [2.45, 2.75) is 14.9 Å². The Morgan fingerprint density at radius 1 is 1.21 bits per heavy atom. The van der Waals surface area contributed by atoms with E-state index in [9.17, 15) is 18.5 Å². The van der Waals surface area contributed by atoms with Crippen molar-refractivity contribution >= 4 is 33.2 Å². The molecule has 1 N–H and O–H groups in total. The molecule has 0 bridgehead atoms. The van der Waals surface area contributed by atoms with E-state index in [1.54, 1.807) is 30.5 Å². The van der Waals surface area contributed by atoms with Gasteiger partial charge >= 0.3 is 0 Å². The number of anilines is 1. The van der Waals surface area contributed by atoms with Gasteiger partial charge in [-0.05, 0) is 30.3 Å². The number of hydrogen-bond acceptors (Lipinski definition) is 7. The standard InChI is InChI=1S/C17H16N4O5S2/c1-20-10-9-18-17(20)27-14-6-3-12(4-7-14)19-28(24,25)16-11-13(21(22)23)5-8-15(16)26-2/h3-11,19H,1-2H3. The smallest absolute Gasteiger partial charge is 0.271 e. The predicted octanol–water partition coefficient (Wildman–Crippen LogP) is 3.29. The molecule has 0 unspecified atom stereocenters. The fraction of sp³-hybridized carbons (Fsp3) is 0.118. The van der Waals surface area contributed by atoms with Crippen LogP contribution in [0.2, 0.25) is 0 Å². The van der Waals surface area contributed by atoms with Gasteiger partial charge in [-0.1, -0.05) is 11.8 Å². The van der Waals surface area contributed by atoms with Crippen molar-refractivity contribution in [2.24, 2.45) is 7.05 Å². The first kappa shape index (κ1) is 19.7. The number of nitro groups is 1. The van der Waals surface area contributed by atoms with E-state index >= 15 is 0 Å². The molecular formula is C17H16N4O5S2. The third kappa shape index (κ3) is 4.26. The van der Waals surface area contributed by atoms with E-state index in [1.165, 1.54) is 31.0 Å². The van der Waals surface area contributed by atoms with Gasteiger partial charge in [-0.25, -0.2) is 13.4 Å². The van der Waals surface area contributed by atoms with Crippen molar-refractivity contribution in [3.63, 3.8) is 0 Å². The number of non-ortho nitro benzene ring substituents is 1. The summed E-state index contributed by atoms with van der Waals surface area (Å²) in [5, 5.41) is 11.8. The number of aromatic nitrogens is 2. The van der Waals surface area contributed by atoms with Crippen molar-refractivity contribution in [1.82, 2.24) is 9.55 Å². The molecule has 28 heavy (non-hydrogen) atoms. The highest BCUT2D eigenvalue weighted by Crippen LogP contribution is 2.31. The van der Waals surface area contributed by atoms with Crippen LogP contribution in [0, 0.1) is 10.1 Å². The number of aryl methyl sites for hydroxylation is 1. The van der Waals surface area contributed by atoms with Crippen LogP contribution in [0.15, 0.2) is 69.8 Å². The van der Waals surface area contributed by atoms with E-state index in [0.717, 1.165) is 16.1 Å². The molecule has 0 amide bonds. The number of nitrogens with zero attached hydrogens (tertiary/aromatic N) is 3. The molecule has 0 aliphatic heterocycles. The number of methoxy groups -OCH3 is 1. The number of nitrogens with one attached hydrogen (secondary N) is 1. The lowest BCUT2D eigenvalue weighted by Gasteiger charge is -2.12. The molecule has 11 heteroatoms. The van der Waals surface area contributed by atoms with Gasteiger partial charge in [-0.15, -0.1) is 0 Å². The number of benzene rings is 2. The molecule has 0 saturated heterocycles. The quantitative estimate of drug-likeness (QED) is 0.460. The average Bonchev–Trinajstić information content (AvgIpc) is 3.07. The Morgan fingerprint density at radius 2 is 1.93 bits per heavy atom. The van der Waals surface area contributed by atoms with Crippen LogP contribution in [0.4, 0.5) is 11.4 Å². The van der Waals surface area contributed by atoms with E-state index in [1.807, 2.05) is 17.8 Å². The van der Waals surface area contributed by atoms with Crippen LogP contribution in [0.3, 0.4) is 0 Å². The summed E-state index contributed by atoms with van der Waals surface area (Å²) in [5.41, 5.74) is -0.0271. The number of ether oxygens (including phenoxy) is 1. The van der Waals surface area contributed by atoms with Crippen LogP contribution in [0.5, 0.6) is 5.75 Å². The maximum atomic E-state index is 12.7. The number of rotatable bonds is 7. The Labute approximate surface area is 165 Å². The van der Waals surface area contributed by atoms with Gasteiger partial charge in [0, 0.05) is 42.2 Å². The van der Waals surface area contributed by atoms with E-state index < -0.39 is 14.9 Å². The second kappa shape index (κ2) is 7.90. The molecule has 1 aromatic heterocycles. The van der Waals surface area contributed by atoms with Crippen LogP contribution in [0.25, 0.3) is 0 Å². The zero-order valence-electron chi connectivity index (χ0n) is 14.9. The largest absolute Gasteiger partial charge is 0.495 e. The van der Waals surface area contributed by atoms with Crippen LogP contribution in [0.1, 0.15) is 0 Å². The highest BCUT2D eigenvalue weighted by Gasteiger charge is 2.23. The number of sulfonamides is 1. The molecule has 1 heterocycles. The first-order valence-electron chi connectivity index (χ1n) is 7.90. The summed E-state index contributed by atoms with van der Waals surface area (Å²) in [7, 11) is -0.910. The summed E-state index contributed by atoms with van der Waals surface area (Å²) < 4.78 is 34.7. The number of nitro benzene ring substituents is 1. The average molecular weight is 420 g/mol. The molecule has 0 fully saturated rings. The summed E-state index contributed by atoms with van der Waals surface area (Å²) in [6, 6.07) is 10.1. The lowest BCUT2D eigenvalue weighted by molar-refractivity contribution is -0.385. The Morgan fingerprint density at radius 3 is 2.50 bits per heavy atom. The highest BCUT2D eigenvalue weighted by molar-refractivity contribution is 7.99. The molecule has 0 saturated carbocycles. The van der Waals surface area contributed by atoms with Crippen LogP contribution >= 0.6 is 11.8 Å². The summed E-state index contributed by atoms with van der Waals surface area (Å²) in [6.07, 6.45) is 3.52. The van der Waals surface area contributed by atoms with Crippen LogP contribution in [-0.2, 0) is 17.1 Å². The third-order valence-corrected chi connectivity index (χ3v) is 6.23. The van der Waals surface area contributed by atoms with Gasteiger partial charge in [-0.2, -0.15) is 0 Å². The second-order valence-corrected chi connectivity index (χ2v) is 8.34. The third-order valence-electron chi connectivity index (χ3n) is 3.74. The van der Waals surface area contributed by atoms with Gasteiger partial charge in [0.1, 0.15) is 10.6 Å². The van der Waals surface area contributed by atoms with Gasteiger partial charge in [-0.3, -0.25) is 14.8 Å². The molecule has 3 aromatic rings. The van der Waals surface area contributed by atoms with Crippen molar-refractivity contribution in [2.75, 3.05) is 11.8 Å². The minimum Gasteiger partial charge on any atom is -0.495 e. The highest BCUT2D eigenvalue weighted by atomic mass is 32.2. The van der Waals surface area contributed by atoms with E-state index in [-0.39, 0.29) is 16.3 Å². The van der Waals surface area contributed by atoms with Gasteiger partial charge in [0.15, 0.2) is 5.16 Å². The monoisotopic (exact) mass is 420 g/mol. The fourth-order valence-corrected chi connectivity index (χ4v) is 4.40. The number of imidazole rings is 1.